The summed E-state index contributed by atoms with van der Waals surface area (Å²) in [6, 6.07) is 0.946. The summed E-state index contributed by atoms with van der Waals surface area (Å²) in [5, 5.41) is 10.2. The summed E-state index contributed by atoms with van der Waals surface area (Å²) in [5.74, 6) is 1.73. The van der Waals surface area contributed by atoms with E-state index in [-0.39, 0.29) is 29.9 Å². The van der Waals surface area contributed by atoms with E-state index in [1.165, 1.54) is 25.7 Å². The van der Waals surface area contributed by atoms with Crippen LogP contribution in [0.1, 0.15) is 45.4 Å². The number of amides is 1. The number of aliphatic imine (C=N–C) groups is 1. The number of fused-ring (bicyclic) bond motifs is 2. The van der Waals surface area contributed by atoms with Gasteiger partial charge in [0.05, 0.1) is 12.6 Å². The highest BCUT2D eigenvalue weighted by atomic mass is 127. The van der Waals surface area contributed by atoms with E-state index in [0.29, 0.717) is 36.1 Å². The maximum atomic E-state index is 11.6. The third kappa shape index (κ3) is 4.14. The lowest BCUT2D eigenvalue weighted by molar-refractivity contribution is -0.171. The van der Waals surface area contributed by atoms with E-state index >= 15 is 0 Å². The van der Waals surface area contributed by atoms with Crippen LogP contribution in [0.5, 0.6) is 0 Å². The largest absolute Gasteiger partial charge is 0.377 e. The maximum Gasteiger partial charge on any atom is 0.233 e. The molecule has 3 atom stereocenters. The van der Waals surface area contributed by atoms with Gasteiger partial charge in [0.1, 0.15) is 0 Å². The fraction of sp³-hybridized carbons (Fsp3) is 0.900. The predicted octanol–water partition coefficient (Wildman–Crippen LogP) is 1.33. The van der Waals surface area contributed by atoms with Gasteiger partial charge in [-0.2, -0.15) is 0 Å². The molecule has 4 fully saturated rings. The van der Waals surface area contributed by atoms with Gasteiger partial charge < -0.3 is 20.7 Å². The summed E-state index contributed by atoms with van der Waals surface area (Å²) >= 11 is 0. The number of hydrogen-bond acceptors (Lipinski definition) is 4. The van der Waals surface area contributed by atoms with E-state index in [9.17, 15) is 4.79 Å². The number of halogens is 1. The van der Waals surface area contributed by atoms with Crippen LogP contribution in [0.2, 0.25) is 0 Å². The van der Waals surface area contributed by atoms with Crippen LogP contribution in [0, 0.1) is 11.3 Å². The molecule has 160 valence electrons. The van der Waals surface area contributed by atoms with Crippen molar-refractivity contribution in [2.45, 2.75) is 63.6 Å². The molecule has 2 aliphatic heterocycles. The van der Waals surface area contributed by atoms with E-state index in [1.807, 2.05) is 0 Å². The van der Waals surface area contributed by atoms with Gasteiger partial charge in [0.2, 0.25) is 5.91 Å². The van der Waals surface area contributed by atoms with Gasteiger partial charge in [-0.1, -0.05) is 6.42 Å². The normalized spacial score (nSPS) is 31.9. The highest BCUT2D eigenvalue weighted by molar-refractivity contribution is 14.0. The summed E-state index contributed by atoms with van der Waals surface area (Å²) in [7, 11) is 1.70. The Hall–Kier alpha value is -0.610. The minimum absolute atomic E-state index is 0. The van der Waals surface area contributed by atoms with Crippen molar-refractivity contribution in [3.63, 3.8) is 0 Å². The van der Waals surface area contributed by atoms with Gasteiger partial charge in [0.25, 0.3) is 0 Å². The van der Waals surface area contributed by atoms with Crippen LogP contribution in [-0.4, -0.2) is 74.8 Å². The van der Waals surface area contributed by atoms with Crippen LogP contribution in [0.3, 0.4) is 0 Å². The molecular formula is C20H36IN5O2. The van der Waals surface area contributed by atoms with Gasteiger partial charge in [-0.05, 0) is 39.0 Å². The van der Waals surface area contributed by atoms with Crippen molar-refractivity contribution in [2.75, 3.05) is 39.8 Å². The number of guanidine groups is 1. The Morgan fingerprint density at radius 3 is 2.57 bits per heavy atom. The molecule has 0 aromatic carbocycles. The first-order valence-corrected chi connectivity index (χ1v) is 10.8. The quantitative estimate of drug-likeness (QED) is 0.299. The zero-order valence-electron chi connectivity index (χ0n) is 17.2. The molecule has 2 aliphatic carbocycles. The van der Waals surface area contributed by atoms with E-state index < -0.39 is 0 Å². The molecule has 0 aromatic heterocycles. The standard InChI is InChI=1S/C20H35N5O2.HI/c1-3-22-19(23-14-5-10-25(11-6-14)13-16(26)21-2)24-17-15-7-12-27-18(15)20(17)8-4-9-20;/h14-15,17-18H,3-13H2,1-2H3,(H,21,26)(H2,22,23,24);1H. The van der Waals surface area contributed by atoms with Crippen molar-refractivity contribution < 1.29 is 9.53 Å². The van der Waals surface area contributed by atoms with Crippen molar-refractivity contribution in [1.29, 1.82) is 0 Å². The molecule has 4 aliphatic rings. The molecule has 0 aromatic rings. The summed E-state index contributed by atoms with van der Waals surface area (Å²) in [5.41, 5.74) is 0.369. The first-order chi connectivity index (χ1) is 13.2. The highest BCUT2D eigenvalue weighted by Gasteiger charge is 2.66. The molecule has 3 unspecified atom stereocenters. The van der Waals surface area contributed by atoms with E-state index in [4.69, 9.17) is 9.73 Å². The van der Waals surface area contributed by atoms with Gasteiger partial charge >= 0.3 is 0 Å². The molecule has 1 amide bonds. The monoisotopic (exact) mass is 505 g/mol. The Morgan fingerprint density at radius 2 is 1.96 bits per heavy atom. The van der Waals surface area contributed by atoms with Gasteiger partial charge in [0, 0.05) is 56.7 Å². The fourth-order valence-corrected chi connectivity index (χ4v) is 5.61. The molecule has 8 heteroatoms. The topological polar surface area (TPSA) is 78.0 Å². The minimum Gasteiger partial charge on any atom is -0.377 e. The average Bonchev–Trinajstić information content (AvgIpc) is 3.05. The average molecular weight is 505 g/mol. The highest BCUT2D eigenvalue weighted by Crippen LogP contribution is 2.62. The van der Waals surface area contributed by atoms with Crippen molar-refractivity contribution in [3.8, 4) is 0 Å². The van der Waals surface area contributed by atoms with Gasteiger partial charge in [-0.25, -0.2) is 0 Å². The number of carbonyl (C=O) groups excluding carboxylic acids is 1. The first-order valence-electron chi connectivity index (χ1n) is 10.8. The lowest BCUT2D eigenvalue weighted by atomic mass is 9.46. The minimum atomic E-state index is 0. The number of likely N-dealkylation sites (tertiary alicyclic amines) is 1. The summed E-state index contributed by atoms with van der Waals surface area (Å²) in [4.78, 5) is 18.5. The Labute approximate surface area is 185 Å². The van der Waals surface area contributed by atoms with Crippen molar-refractivity contribution in [2.24, 2.45) is 16.3 Å². The summed E-state index contributed by atoms with van der Waals surface area (Å²) in [6.07, 6.45) is 7.69. The lowest BCUT2D eigenvalue weighted by Crippen LogP contribution is -2.72. The number of hydrogen-bond donors (Lipinski definition) is 3. The number of rotatable bonds is 5. The Balaban J connectivity index is 0.00000225. The van der Waals surface area contributed by atoms with Crippen LogP contribution in [0.4, 0.5) is 0 Å². The van der Waals surface area contributed by atoms with E-state index in [2.05, 4.69) is 27.8 Å². The van der Waals surface area contributed by atoms with Gasteiger partial charge in [-0.3, -0.25) is 14.7 Å². The van der Waals surface area contributed by atoms with Crippen LogP contribution >= 0.6 is 24.0 Å². The van der Waals surface area contributed by atoms with Crippen LogP contribution in [-0.2, 0) is 9.53 Å². The second-order valence-corrected chi connectivity index (χ2v) is 8.64. The second-order valence-electron chi connectivity index (χ2n) is 8.64. The number of carbonyl (C=O) groups is 1. The molecule has 0 bridgehead atoms. The smallest absolute Gasteiger partial charge is 0.233 e. The number of nitrogens with zero attached hydrogens (tertiary/aromatic N) is 2. The van der Waals surface area contributed by atoms with Gasteiger partial charge in [0.15, 0.2) is 5.96 Å². The van der Waals surface area contributed by atoms with E-state index in [0.717, 1.165) is 45.0 Å². The SMILES string of the molecule is CCN=C(NC1CCN(CC(=O)NC)CC1)NC1C2CCOC2C12CCC2.I. The van der Waals surface area contributed by atoms with Crippen LogP contribution < -0.4 is 16.0 Å². The van der Waals surface area contributed by atoms with Crippen molar-refractivity contribution in [1.82, 2.24) is 20.9 Å². The molecular weight excluding hydrogens is 469 g/mol. The molecule has 28 heavy (non-hydrogen) atoms. The van der Waals surface area contributed by atoms with Crippen molar-refractivity contribution in [3.05, 3.63) is 0 Å². The molecule has 0 radical (unpaired) electrons. The van der Waals surface area contributed by atoms with E-state index in [1.54, 1.807) is 7.05 Å². The Kier molecular flexibility index (Phi) is 7.47. The number of ether oxygens (including phenoxy) is 1. The predicted molar refractivity (Wildman–Crippen MR) is 121 cm³/mol. The maximum absolute atomic E-state index is 11.6. The number of piperidine rings is 1. The molecule has 2 saturated heterocycles. The first kappa shape index (κ1) is 22.1. The third-order valence-corrected chi connectivity index (χ3v) is 7.22. The molecule has 2 saturated carbocycles. The van der Waals surface area contributed by atoms with Gasteiger partial charge in [-0.15, -0.1) is 24.0 Å². The molecule has 7 nitrogen and oxygen atoms in total. The number of likely N-dealkylation sites (N-methyl/N-ethyl adjacent to an activating group) is 1. The Morgan fingerprint density at radius 1 is 1.21 bits per heavy atom. The van der Waals surface area contributed by atoms with Crippen LogP contribution in [0.15, 0.2) is 4.99 Å². The second kappa shape index (κ2) is 9.47. The summed E-state index contributed by atoms with van der Waals surface area (Å²) < 4.78 is 6.05. The number of nitrogens with one attached hydrogen (secondary N) is 3. The third-order valence-electron chi connectivity index (χ3n) is 7.22. The fourth-order valence-electron chi connectivity index (χ4n) is 5.61. The zero-order chi connectivity index (χ0) is 18.9. The molecule has 1 spiro atoms. The molecule has 4 rings (SSSR count). The zero-order valence-corrected chi connectivity index (χ0v) is 19.5. The lowest BCUT2D eigenvalue weighted by Gasteiger charge is -2.63. The molecule has 3 N–H and O–H groups in total. The van der Waals surface area contributed by atoms with Crippen molar-refractivity contribution >= 4 is 35.8 Å². The molecule has 2 heterocycles. The Bertz CT molecular complexity index is 575. The van der Waals surface area contributed by atoms with Crippen LogP contribution in [0.25, 0.3) is 0 Å². The summed E-state index contributed by atoms with van der Waals surface area (Å²) in [6.45, 7) is 6.22.